The molecule has 0 aliphatic carbocycles. The third-order valence-electron chi connectivity index (χ3n) is 2.73. The van der Waals surface area contributed by atoms with Crippen LogP contribution in [0.5, 0.6) is 0 Å². The van der Waals surface area contributed by atoms with E-state index in [9.17, 15) is 4.79 Å². The topological polar surface area (TPSA) is 78.3 Å². The number of esters is 1. The smallest absolute Gasteiger partial charge is 0.330 e. The van der Waals surface area contributed by atoms with Gasteiger partial charge in [0, 0.05) is 21.9 Å². The Morgan fingerprint density at radius 1 is 1.09 bits per heavy atom. The van der Waals surface area contributed by atoms with Crippen molar-refractivity contribution in [2.45, 2.75) is 6.92 Å². The molecule has 0 spiro atoms. The molecule has 0 aliphatic rings. The van der Waals surface area contributed by atoms with Gasteiger partial charge in [0.25, 0.3) is 0 Å². The van der Waals surface area contributed by atoms with Gasteiger partial charge in [-0.1, -0.05) is 34.1 Å². The van der Waals surface area contributed by atoms with Crippen LogP contribution in [0, 0.1) is 0 Å². The van der Waals surface area contributed by atoms with Crippen molar-refractivity contribution in [3.05, 3.63) is 64.6 Å². The lowest BCUT2D eigenvalue weighted by molar-refractivity contribution is -0.134. The number of nitrogens with two attached hydrogens (primary N) is 2. The predicted molar refractivity (Wildman–Crippen MR) is 95.1 cm³/mol. The van der Waals surface area contributed by atoms with Crippen molar-refractivity contribution in [3.8, 4) is 0 Å². The van der Waals surface area contributed by atoms with Crippen LogP contribution >= 0.6 is 15.9 Å². The molecule has 5 heteroatoms. The van der Waals surface area contributed by atoms with E-state index in [1.165, 1.54) is 13.2 Å². The van der Waals surface area contributed by atoms with Gasteiger partial charge in [0.2, 0.25) is 0 Å². The Labute approximate surface area is 138 Å². The molecule has 2 rings (SSSR count). The molecule has 0 heterocycles. The number of benzene rings is 2. The van der Waals surface area contributed by atoms with E-state index in [2.05, 4.69) is 20.7 Å². The lowest BCUT2D eigenvalue weighted by Gasteiger charge is -2.02. The molecule has 0 saturated carbocycles. The van der Waals surface area contributed by atoms with E-state index in [0.717, 1.165) is 21.3 Å². The van der Waals surface area contributed by atoms with Crippen LogP contribution in [0.25, 0.3) is 5.57 Å². The number of anilines is 2. The maximum Gasteiger partial charge on any atom is 0.330 e. The molecular formula is C17H19BrN2O2. The Morgan fingerprint density at radius 3 is 2.14 bits per heavy atom. The Balaban J connectivity index is 0.000000255. The summed E-state index contributed by atoms with van der Waals surface area (Å²) in [5.41, 5.74) is 14.3. The molecule has 0 amide bonds. The van der Waals surface area contributed by atoms with Crippen LogP contribution in [0.3, 0.4) is 0 Å². The second-order valence-electron chi connectivity index (χ2n) is 4.53. The Kier molecular flexibility index (Phi) is 7.19. The molecule has 0 aliphatic heterocycles. The molecule has 0 radical (unpaired) electrons. The Hall–Kier alpha value is -2.27. The summed E-state index contributed by atoms with van der Waals surface area (Å²) in [6, 6.07) is 14.9. The zero-order valence-corrected chi connectivity index (χ0v) is 14.1. The summed E-state index contributed by atoms with van der Waals surface area (Å²) in [6.45, 7) is 1.84. The summed E-state index contributed by atoms with van der Waals surface area (Å²) in [6.07, 6.45) is 1.44. The van der Waals surface area contributed by atoms with Crippen LogP contribution in [0.1, 0.15) is 12.5 Å². The van der Waals surface area contributed by atoms with Gasteiger partial charge < -0.3 is 16.2 Å². The number of methoxy groups -OCH3 is 1. The molecule has 0 bridgehead atoms. The second-order valence-corrected chi connectivity index (χ2v) is 5.45. The molecule has 116 valence electrons. The van der Waals surface area contributed by atoms with Crippen LogP contribution in [-0.4, -0.2) is 13.1 Å². The summed E-state index contributed by atoms with van der Waals surface area (Å²) in [5, 5.41) is 0. The molecule has 2 aromatic carbocycles. The predicted octanol–water partition coefficient (Wildman–Crippen LogP) is 3.88. The van der Waals surface area contributed by atoms with Gasteiger partial charge in [-0.3, -0.25) is 0 Å². The number of allylic oxidation sites excluding steroid dienone is 1. The number of nitrogen functional groups attached to an aromatic ring is 2. The SMILES string of the molecule is COC(=O)/C=C(\C)c1cccc(N)c1.Nc1cccc(Br)c1. The van der Waals surface area contributed by atoms with E-state index in [1.54, 1.807) is 6.07 Å². The van der Waals surface area contributed by atoms with Crippen LogP contribution in [-0.2, 0) is 9.53 Å². The summed E-state index contributed by atoms with van der Waals surface area (Å²) < 4.78 is 5.55. The number of carbonyl (C=O) groups excluding carboxylic acids is 1. The van der Waals surface area contributed by atoms with Crippen LogP contribution in [0.15, 0.2) is 59.1 Å². The molecule has 0 aromatic heterocycles. The van der Waals surface area contributed by atoms with E-state index < -0.39 is 0 Å². The Bertz CT molecular complexity index is 652. The van der Waals surface area contributed by atoms with Gasteiger partial charge in [-0.05, 0) is 48.4 Å². The van der Waals surface area contributed by atoms with Crippen LogP contribution in [0.4, 0.5) is 11.4 Å². The first-order valence-corrected chi connectivity index (χ1v) is 7.35. The second kappa shape index (κ2) is 8.89. The molecular weight excluding hydrogens is 344 g/mol. The quantitative estimate of drug-likeness (QED) is 0.482. The van der Waals surface area contributed by atoms with Crippen molar-refractivity contribution < 1.29 is 9.53 Å². The molecule has 4 nitrogen and oxygen atoms in total. The van der Waals surface area contributed by atoms with Crippen LogP contribution in [0.2, 0.25) is 0 Å². The van der Waals surface area contributed by atoms with Gasteiger partial charge in [0.1, 0.15) is 0 Å². The largest absolute Gasteiger partial charge is 0.466 e. The molecule has 4 N–H and O–H groups in total. The van der Waals surface area contributed by atoms with E-state index >= 15 is 0 Å². The molecule has 2 aromatic rings. The number of halogens is 1. The fourth-order valence-electron chi connectivity index (χ4n) is 1.61. The van der Waals surface area contributed by atoms with Gasteiger partial charge in [-0.15, -0.1) is 0 Å². The highest BCUT2D eigenvalue weighted by atomic mass is 79.9. The summed E-state index contributed by atoms with van der Waals surface area (Å²) >= 11 is 3.28. The molecule has 0 atom stereocenters. The van der Waals surface area contributed by atoms with Crippen molar-refractivity contribution in [2.24, 2.45) is 0 Å². The number of ether oxygens (including phenoxy) is 1. The average molecular weight is 363 g/mol. The summed E-state index contributed by atoms with van der Waals surface area (Å²) in [7, 11) is 1.35. The minimum absolute atomic E-state index is 0.357. The fraction of sp³-hybridized carbons (Fsp3) is 0.118. The molecule has 0 fully saturated rings. The van der Waals surface area contributed by atoms with Gasteiger partial charge in [0.05, 0.1) is 7.11 Å². The number of carbonyl (C=O) groups is 1. The highest BCUT2D eigenvalue weighted by Gasteiger charge is 1.99. The van der Waals surface area contributed by atoms with E-state index in [-0.39, 0.29) is 5.97 Å². The number of hydrogen-bond donors (Lipinski definition) is 2. The van der Waals surface area contributed by atoms with Crippen molar-refractivity contribution >= 4 is 38.8 Å². The zero-order chi connectivity index (χ0) is 16.5. The van der Waals surface area contributed by atoms with Gasteiger partial charge >= 0.3 is 5.97 Å². The monoisotopic (exact) mass is 362 g/mol. The molecule has 0 saturated heterocycles. The fourth-order valence-corrected chi connectivity index (χ4v) is 2.03. The van der Waals surface area contributed by atoms with Crippen molar-refractivity contribution in [2.75, 3.05) is 18.6 Å². The van der Waals surface area contributed by atoms with Gasteiger partial charge in [-0.2, -0.15) is 0 Å². The minimum atomic E-state index is -0.357. The number of rotatable bonds is 2. The van der Waals surface area contributed by atoms with Crippen molar-refractivity contribution in [1.82, 2.24) is 0 Å². The van der Waals surface area contributed by atoms with Crippen molar-refractivity contribution in [1.29, 1.82) is 0 Å². The van der Waals surface area contributed by atoms with Gasteiger partial charge in [0.15, 0.2) is 0 Å². The highest BCUT2D eigenvalue weighted by molar-refractivity contribution is 9.10. The molecule has 22 heavy (non-hydrogen) atoms. The highest BCUT2D eigenvalue weighted by Crippen LogP contribution is 2.16. The normalized spacial score (nSPS) is 10.4. The maximum atomic E-state index is 11.0. The third kappa shape index (κ3) is 6.45. The van der Waals surface area contributed by atoms with E-state index in [4.69, 9.17) is 11.5 Å². The van der Waals surface area contributed by atoms with Crippen molar-refractivity contribution in [3.63, 3.8) is 0 Å². The number of hydrogen-bond acceptors (Lipinski definition) is 4. The summed E-state index contributed by atoms with van der Waals surface area (Å²) in [4.78, 5) is 11.0. The lowest BCUT2D eigenvalue weighted by Crippen LogP contribution is -1.96. The first-order chi connectivity index (χ1) is 10.4. The minimum Gasteiger partial charge on any atom is -0.466 e. The van der Waals surface area contributed by atoms with Crippen LogP contribution < -0.4 is 11.5 Å². The first kappa shape index (κ1) is 17.8. The van der Waals surface area contributed by atoms with Gasteiger partial charge in [-0.25, -0.2) is 4.79 Å². The zero-order valence-electron chi connectivity index (χ0n) is 12.5. The maximum absolute atomic E-state index is 11.0. The molecule has 0 unspecified atom stereocenters. The van der Waals surface area contributed by atoms with E-state index in [0.29, 0.717) is 5.69 Å². The Morgan fingerprint density at radius 2 is 1.68 bits per heavy atom. The van der Waals surface area contributed by atoms with E-state index in [1.807, 2.05) is 49.4 Å². The first-order valence-electron chi connectivity index (χ1n) is 6.55. The third-order valence-corrected chi connectivity index (χ3v) is 3.22. The lowest BCUT2D eigenvalue weighted by atomic mass is 10.1. The standard InChI is InChI=1S/C11H13NO2.C6H6BrN/c1-8(6-11(13)14-2)9-4-3-5-10(12)7-9;7-5-2-1-3-6(8)4-5/h3-7H,12H2,1-2H3;1-4H,8H2/b8-6+;. The summed E-state index contributed by atoms with van der Waals surface area (Å²) in [5.74, 6) is -0.357. The average Bonchev–Trinajstić information content (AvgIpc) is 2.47.